The maximum atomic E-state index is 12.5. The minimum absolute atomic E-state index is 0.0664. The average Bonchev–Trinajstić information content (AvgIpc) is 2.66. The molecule has 110 valence electrons. The first-order chi connectivity index (χ1) is 9.20. The lowest BCUT2D eigenvalue weighted by molar-refractivity contribution is 0.0743. The second-order valence-corrected chi connectivity index (χ2v) is 7.72. The number of carbonyl (C=O) groups excluding carboxylic acids is 1. The van der Waals surface area contributed by atoms with Crippen LogP contribution in [-0.4, -0.2) is 31.8 Å². The molecule has 1 aromatic rings. The standard InChI is InChI=1S/C13H17BrN2O3S/c1-8-5-9(2)16(7-8)13(17)10-3-4-11(14)12(6-10)20(15,18)19/h3-4,6,8-9H,5,7H2,1-2H3,(H2,15,18,19). The van der Waals surface area contributed by atoms with Crippen LogP contribution in [0.1, 0.15) is 30.6 Å². The van der Waals surface area contributed by atoms with Crippen molar-refractivity contribution in [3.05, 3.63) is 28.2 Å². The zero-order chi connectivity index (χ0) is 15.1. The SMILES string of the molecule is CC1CC(C)N(C(=O)c2ccc(Br)c(S(N)(=O)=O)c2)C1. The third kappa shape index (κ3) is 3.05. The molecule has 0 saturated carbocycles. The Labute approximate surface area is 127 Å². The highest BCUT2D eigenvalue weighted by Crippen LogP contribution is 2.27. The van der Waals surface area contributed by atoms with E-state index < -0.39 is 10.0 Å². The molecule has 20 heavy (non-hydrogen) atoms. The molecule has 0 aliphatic carbocycles. The molecule has 1 fully saturated rings. The van der Waals surface area contributed by atoms with Crippen LogP contribution in [0.3, 0.4) is 0 Å². The molecule has 0 aromatic heterocycles. The zero-order valence-electron chi connectivity index (χ0n) is 11.3. The quantitative estimate of drug-likeness (QED) is 0.875. The molecule has 0 radical (unpaired) electrons. The number of carbonyl (C=O) groups is 1. The van der Waals surface area contributed by atoms with Gasteiger partial charge in [-0.25, -0.2) is 13.6 Å². The maximum absolute atomic E-state index is 12.5. The van der Waals surface area contributed by atoms with Crippen LogP contribution >= 0.6 is 15.9 Å². The third-order valence-corrected chi connectivity index (χ3v) is 5.43. The van der Waals surface area contributed by atoms with Crippen molar-refractivity contribution in [3.8, 4) is 0 Å². The van der Waals surface area contributed by atoms with E-state index in [0.717, 1.165) is 6.42 Å². The van der Waals surface area contributed by atoms with Crippen molar-refractivity contribution >= 4 is 31.9 Å². The van der Waals surface area contributed by atoms with Gasteiger partial charge in [-0.1, -0.05) is 6.92 Å². The predicted octanol–water partition coefficient (Wildman–Crippen LogP) is 1.97. The van der Waals surface area contributed by atoms with E-state index in [1.165, 1.54) is 12.1 Å². The van der Waals surface area contributed by atoms with Crippen LogP contribution in [0.4, 0.5) is 0 Å². The number of benzene rings is 1. The Morgan fingerprint density at radius 2 is 2.05 bits per heavy atom. The Bertz CT molecular complexity index is 645. The van der Waals surface area contributed by atoms with E-state index in [-0.39, 0.29) is 16.8 Å². The molecule has 1 heterocycles. The number of primary sulfonamides is 1. The summed E-state index contributed by atoms with van der Waals surface area (Å²) in [6.45, 7) is 4.79. The average molecular weight is 361 g/mol. The van der Waals surface area contributed by atoms with E-state index in [9.17, 15) is 13.2 Å². The van der Waals surface area contributed by atoms with Crippen molar-refractivity contribution in [3.63, 3.8) is 0 Å². The molecule has 0 spiro atoms. The summed E-state index contributed by atoms with van der Waals surface area (Å²) in [4.78, 5) is 14.2. The molecular weight excluding hydrogens is 344 g/mol. The van der Waals surface area contributed by atoms with Crippen LogP contribution < -0.4 is 5.14 Å². The summed E-state index contributed by atoms with van der Waals surface area (Å²) in [5.41, 5.74) is 0.346. The van der Waals surface area contributed by atoms with Crippen molar-refractivity contribution < 1.29 is 13.2 Å². The van der Waals surface area contributed by atoms with Crippen LogP contribution in [0.15, 0.2) is 27.6 Å². The first kappa shape index (κ1) is 15.5. The van der Waals surface area contributed by atoms with Crippen molar-refractivity contribution in [2.75, 3.05) is 6.54 Å². The number of rotatable bonds is 2. The highest BCUT2D eigenvalue weighted by atomic mass is 79.9. The Morgan fingerprint density at radius 1 is 1.40 bits per heavy atom. The summed E-state index contributed by atoms with van der Waals surface area (Å²) in [5.74, 6) is 0.307. The van der Waals surface area contributed by atoms with Gasteiger partial charge in [-0.2, -0.15) is 0 Å². The van der Waals surface area contributed by atoms with Gasteiger partial charge in [0.25, 0.3) is 5.91 Å². The van der Waals surface area contributed by atoms with Gasteiger partial charge in [0.15, 0.2) is 0 Å². The molecule has 1 aromatic carbocycles. The van der Waals surface area contributed by atoms with Gasteiger partial charge in [-0.05, 0) is 53.4 Å². The monoisotopic (exact) mass is 360 g/mol. The van der Waals surface area contributed by atoms with Crippen LogP contribution in [0.2, 0.25) is 0 Å². The normalized spacial score (nSPS) is 23.1. The van der Waals surface area contributed by atoms with Gasteiger partial charge in [0, 0.05) is 22.6 Å². The van der Waals surface area contributed by atoms with Crippen molar-refractivity contribution in [2.24, 2.45) is 11.1 Å². The van der Waals surface area contributed by atoms with Crippen LogP contribution in [0.25, 0.3) is 0 Å². The number of hydrogen-bond acceptors (Lipinski definition) is 3. The van der Waals surface area contributed by atoms with Gasteiger partial charge in [-0.3, -0.25) is 4.79 Å². The first-order valence-electron chi connectivity index (χ1n) is 6.33. The van der Waals surface area contributed by atoms with E-state index in [0.29, 0.717) is 22.5 Å². The molecule has 5 nitrogen and oxygen atoms in total. The molecule has 2 unspecified atom stereocenters. The molecule has 1 amide bonds. The number of sulfonamides is 1. The second kappa shape index (κ2) is 5.46. The van der Waals surface area contributed by atoms with Crippen molar-refractivity contribution in [1.82, 2.24) is 4.90 Å². The number of amides is 1. The number of likely N-dealkylation sites (tertiary alicyclic amines) is 1. The summed E-state index contributed by atoms with van der Waals surface area (Å²) in [6.07, 6.45) is 0.963. The lowest BCUT2D eigenvalue weighted by atomic mass is 10.1. The largest absolute Gasteiger partial charge is 0.336 e. The third-order valence-electron chi connectivity index (χ3n) is 3.53. The van der Waals surface area contributed by atoms with E-state index in [2.05, 4.69) is 22.9 Å². The highest BCUT2D eigenvalue weighted by Gasteiger charge is 2.31. The second-order valence-electron chi connectivity index (χ2n) is 5.34. The smallest absolute Gasteiger partial charge is 0.254 e. The maximum Gasteiger partial charge on any atom is 0.254 e. The van der Waals surface area contributed by atoms with E-state index in [1.807, 2.05) is 6.92 Å². The topological polar surface area (TPSA) is 80.5 Å². The molecule has 1 aliphatic heterocycles. The number of halogens is 1. The van der Waals surface area contributed by atoms with E-state index in [1.54, 1.807) is 11.0 Å². The molecular formula is C13H17BrN2O3S. The van der Waals surface area contributed by atoms with Crippen LogP contribution in [0.5, 0.6) is 0 Å². The number of hydrogen-bond donors (Lipinski definition) is 1. The fourth-order valence-corrected chi connectivity index (χ4v) is 4.16. The number of nitrogens with two attached hydrogens (primary N) is 1. The Kier molecular flexibility index (Phi) is 4.22. The lowest BCUT2D eigenvalue weighted by Crippen LogP contribution is -2.34. The molecule has 2 rings (SSSR count). The summed E-state index contributed by atoms with van der Waals surface area (Å²) < 4.78 is 23.3. The fourth-order valence-electron chi connectivity index (χ4n) is 2.60. The van der Waals surface area contributed by atoms with E-state index >= 15 is 0 Å². The molecule has 1 saturated heterocycles. The minimum Gasteiger partial charge on any atom is -0.336 e. The van der Waals surface area contributed by atoms with Crippen LogP contribution in [-0.2, 0) is 10.0 Å². The van der Waals surface area contributed by atoms with Gasteiger partial charge in [-0.15, -0.1) is 0 Å². The molecule has 0 bridgehead atoms. The summed E-state index contributed by atoms with van der Waals surface area (Å²) in [5, 5.41) is 5.15. The minimum atomic E-state index is -3.85. The summed E-state index contributed by atoms with van der Waals surface area (Å²) in [7, 11) is -3.85. The predicted molar refractivity (Wildman–Crippen MR) is 79.8 cm³/mol. The molecule has 7 heteroatoms. The zero-order valence-corrected chi connectivity index (χ0v) is 13.7. The van der Waals surface area contributed by atoms with Gasteiger partial charge >= 0.3 is 0 Å². The first-order valence-corrected chi connectivity index (χ1v) is 8.67. The van der Waals surface area contributed by atoms with Crippen LogP contribution in [0, 0.1) is 5.92 Å². The number of nitrogens with zero attached hydrogens (tertiary/aromatic N) is 1. The fraction of sp³-hybridized carbons (Fsp3) is 0.462. The highest BCUT2D eigenvalue weighted by molar-refractivity contribution is 9.10. The molecule has 2 atom stereocenters. The van der Waals surface area contributed by atoms with E-state index in [4.69, 9.17) is 5.14 Å². The summed E-state index contributed by atoms with van der Waals surface area (Å²) in [6, 6.07) is 4.64. The Morgan fingerprint density at radius 3 is 2.55 bits per heavy atom. The lowest BCUT2D eigenvalue weighted by Gasteiger charge is -2.21. The van der Waals surface area contributed by atoms with Gasteiger partial charge in [0.05, 0.1) is 4.90 Å². The van der Waals surface area contributed by atoms with Gasteiger partial charge in [0.2, 0.25) is 10.0 Å². The van der Waals surface area contributed by atoms with Gasteiger partial charge < -0.3 is 4.90 Å². The summed E-state index contributed by atoms with van der Waals surface area (Å²) >= 11 is 3.14. The molecule has 2 N–H and O–H groups in total. The molecule has 1 aliphatic rings. The van der Waals surface area contributed by atoms with Gasteiger partial charge in [0.1, 0.15) is 0 Å². The Balaban J connectivity index is 2.37. The van der Waals surface area contributed by atoms with Crippen molar-refractivity contribution in [1.29, 1.82) is 0 Å². The Hall–Kier alpha value is -0.920. The van der Waals surface area contributed by atoms with Crippen molar-refractivity contribution in [2.45, 2.75) is 31.2 Å².